The fourth-order valence-electron chi connectivity index (χ4n) is 2.73. The lowest BCUT2D eigenvalue weighted by Gasteiger charge is -2.19. The first-order valence-corrected chi connectivity index (χ1v) is 8.97. The van der Waals surface area contributed by atoms with E-state index in [9.17, 15) is 25.0 Å². The third-order valence-corrected chi connectivity index (χ3v) is 4.29. The lowest BCUT2D eigenvalue weighted by atomic mass is 10.1. The van der Waals surface area contributed by atoms with E-state index in [0.717, 1.165) is 0 Å². The Morgan fingerprint density at radius 3 is 2.27 bits per heavy atom. The lowest BCUT2D eigenvalue weighted by Crippen LogP contribution is -2.37. The van der Waals surface area contributed by atoms with Crippen LogP contribution in [0.2, 0.25) is 0 Å². The van der Waals surface area contributed by atoms with E-state index in [4.69, 9.17) is 4.74 Å². The Morgan fingerprint density at radius 2 is 1.77 bits per heavy atom. The van der Waals surface area contributed by atoms with Crippen molar-refractivity contribution in [3.8, 4) is 5.75 Å². The maximum Gasteiger partial charge on any atom is 0.293 e. The van der Waals surface area contributed by atoms with Crippen molar-refractivity contribution in [1.82, 2.24) is 5.32 Å². The highest BCUT2D eigenvalue weighted by Crippen LogP contribution is 2.34. The molecule has 2 rings (SSSR count). The summed E-state index contributed by atoms with van der Waals surface area (Å²) in [6, 6.07) is 8.19. The Kier molecular flexibility index (Phi) is 7.13. The molecular formula is C19H23N5O6. The van der Waals surface area contributed by atoms with Crippen LogP contribution in [-0.4, -0.2) is 49.5 Å². The van der Waals surface area contributed by atoms with E-state index < -0.39 is 15.8 Å². The van der Waals surface area contributed by atoms with Gasteiger partial charge in [-0.25, -0.2) is 0 Å². The van der Waals surface area contributed by atoms with Gasteiger partial charge in [0, 0.05) is 56.6 Å². The van der Waals surface area contributed by atoms with Crippen LogP contribution >= 0.6 is 0 Å². The average molecular weight is 417 g/mol. The highest BCUT2D eigenvalue weighted by atomic mass is 16.6. The topological polar surface area (TPSA) is 140 Å². The summed E-state index contributed by atoms with van der Waals surface area (Å²) < 4.78 is 5.25. The maximum absolute atomic E-state index is 12.7. The Bertz CT molecular complexity index is 945. The summed E-state index contributed by atoms with van der Waals surface area (Å²) in [6.45, 7) is 2.09. The zero-order chi connectivity index (χ0) is 22.4. The molecule has 30 heavy (non-hydrogen) atoms. The summed E-state index contributed by atoms with van der Waals surface area (Å²) >= 11 is 0. The second-order valence-corrected chi connectivity index (χ2v) is 6.75. The van der Waals surface area contributed by atoms with E-state index in [1.807, 2.05) is 0 Å². The van der Waals surface area contributed by atoms with Gasteiger partial charge in [-0.2, -0.15) is 0 Å². The highest BCUT2D eigenvalue weighted by molar-refractivity contribution is 5.99. The zero-order valence-electron chi connectivity index (χ0n) is 17.0. The van der Waals surface area contributed by atoms with E-state index in [1.165, 1.54) is 31.4 Å². The third-order valence-electron chi connectivity index (χ3n) is 4.29. The predicted molar refractivity (Wildman–Crippen MR) is 112 cm³/mol. The van der Waals surface area contributed by atoms with Gasteiger partial charge in [0.15, 0.2) is 0 Å². The van der Waals surface area contributed by atoms with Crippen LogP contribution in [0, 0.1) is 20.2 Å². The van der Waals surface area contributed by atoms with Crippen molar-refractivity contribution in [2.24, 2.45) is 0 Å². The molecule has 160 valence electrons. The minimum absolute atomic E-state index is 0.0169. The highest BCUT2D eigenvalue weighted by Gasteiger charge is 2.24. The van der Waals surface area contributed by atoms with E-state index in [1.54, 1.807) is 38.1 Å². The van der Waals surface area contributed by atoms with Crippen LogP contribution in [0.5, 0.6) is 5.75 Å². The normalized spacial score (nSPS) is 11.3. The van der Waals surface area contributed by atoms with E-state index in [0.29, 0.717) is 17.9 Å². The largest absolute Gasteiger partial charge is 0.496 e. The Morgan fingerprint density at radius 1 is 1.13 bits per heavy atom. The molecule has 0 fully saturated rings. The number of carbonyl (C=O) groups excluding carboxylic acids is 1. The number of carbonyl (C=O) groups is 1. The van der Waals surface area contributed by atoms with Crippen LogP contribution in [-0.2, 0) is 0 Å². The van der Waals surface area contributed by atoms with Crippen LogP contribution in [0.3, 0.4) is 0 Å². The van der Waals surface area contributed by atoms with Crippen LogP contribution in [0.15, 0.2) is 36.4 Å². The van der Waals surface area contributed by atoms with E-state index in [2.05, 4.69) is 10.6 Å². The van der Waals surface area contributed by atoms with Gasteiger partial charge in [0.05, 0.1) is 22.5 Å². The third kappa shape index (κ3) is 5.34. The van der Waals surface area contributed by atoms with Gasteiger partial charge in [0.25, 0.3) is 17.3 Å². The molecule has 0 saturated carbocycles. The molecule has 2 N–H and O–H groups in total. The number of nitro groups is 2. The quantitative estimate of drug-likeness (QED) is 0.469. The summed E-state index contributed by atoms with van der Waals surface area (Å²) in [5.74, 6) is -0.296. The summed E-state index contributed by atoms with van der Waals surface area (Å²) in [7, 11) is 4.71. The fourth-order valence-corrected chi connectivity index (χ4v) is 2.73. The van der Waals surface area contributed by atoms with E-state index >= 15 is 0 Å². The molecule has 1 amide bonds. The molecule has 0 heterocycles. The fraction of sp³-hybridized carbons (Fsp3) is 0.316. The van der Waals surface area contributed by atoms with Crippen molar-refractivity contribution < 1.29 is 19.4 Å². The number of nitro benzene ring substituents is 2. The van der Waals surface area contributed by atoms with Crippen LogP contribution in [0.1, 0.15) is 17.3 Å². The number of ether oxygens (including phenoxy) is 1. The Labute approximate surface area is 172 Å². The predicted octanol–water partition coefficient (Wildman–Crippen LogP) is 2.81. The smallest absolute Gasteiger partial charge is 0.293 e. The number of methoxy groups -OCH3 is 1. The van der Waals surface area contributed by atoms with Crippen molar-refractivity contribution in [3.05, 3.63) is 62.2 Å². The van der Waals surface area contributed by atoms with Gasteiger partial charge in [0.1, 0.15) is 11.4 Å². The average Bonchev–Trinajstić information content (AvgIpc) is 2.71. The van der Waals surface area contributed by atoms with Crippen molar-refractivity contribution in [1.29, 1.82) is 0 Å². The number of hydrogen-bond donors (Lipinski definition) is 2. The van der Waals surface area contributed by atoms with Crippen LogP contribution in [0.25, 0.3) is 0 Å². The maximum atomic E-state index is 12.7. The second kappa shape index (κ2) is 9.54. The van der Waals surface area contributed by atoms with Crippen LogP contribution < -0.4 is 20.3 Å². The molecule has 0 spiro atoms. The second-order valence-electron chi connectivity index (χ2n) is 6.75. The number of rotatable bonds is 9. The molecule has 11 nitrogen and oxygen atoms in total. The first-order valence-electron chi connectivity index (χ1n) is 8.97. The monoisotopic (exact) mass is 417 g/mol. The van der Waals surface area contributed by atoms with Gasteiger partial charge in [-0.15, -0.1) is 0 Å². The molecule has 11 heteroatoms. The van der Waals surface area contributed by atoms with Gasteiger partial charge in [0.2, 0.25) is 0 Å². The number of hydrogen-bond acceptors (Lipinski definition) is 8. The van der Waals surface area contributed by atoms with Crippen molar-refractivity contribution in [2.45, 2.75) is 13.0 Å². The number of non-ortho nitro benzene ring substituents is 1. The SMILES string of the molecule is COc1cc(N(C)C)c([N+](=O)[O-])cc1C(=O)N[C@H](C)CNc1ccc([N+](=O)[O-])cc1. The first kappa shape index (κ1) is 22.4. The van der Waals surface area contributed by atoms with Gasteiger partial charge in [-0.05, 0) is 19.1 Å². The van der Waals surface area contributed by atoms with Crippen molar-refractivity contribution >= 4 is 28.7 Å². The van der Waals surface area contributed by atoms with Gasteiger partial charge in [-0.3, -0.25) is 25.0 Å². The molecule has 0 bridgehead atoms. The molecule has 1 atom stereocenters. The summed E-state index contributed by atoms with van der Waals surface area (Å²) in [4.78, 5) is 35.3. The van der Waals surface area contributed by atoms with Gasteiger partial charge in [-0.1, -0.05) is 0 Å². The molecule has 0 aromatic heterocycles. The van der Waals surface area contributed by atoms with Crippen molar-refractivity contribution in [2.75, 3.05) is 38.0 Å². The molecule has 0 unspecified atom stereocenters. The van der Waals surface area contributed by atoms with Crippen LogP contribution in [0.4, 0.5) is 22.7 Å². The van der Waals surface area contributed by atoms with Gasteiger partial charge >= 0.3 is 0 Å². The Balaban J connectivity index is 2.11. The molecule has 2 aromatic carbocycles. The van der Waals surface area contributed by atoms with Gasteiger partial charge < -0.3 is 20.3 Å². The lowest BCUT2D eigenvalue weighted by molar-refractivity contribution is -0.384. The summed E-state index contributed by atoms with van der Waals surface area (Å²) in [6.07, 6.45) is 0. The molecule has 2 aromatic rings. The number of amides is 1. The molecule has 0 radical (unpaired) electrons. The Hall–Kier alpha value is -3.89. The summed E-state index contributed by atoms with van der Waals surface area (Å²) in [5.41, 5.74) is 0.808. The number of benzene rings is 2. The summed E-state index contributed by atoms with van der Waals surface area (Å²) in [5, 5.41) is 27.9. The minimum atomic E-state index is -0.550. The number of nitrogens with zero attached hydrogens (tertiary/aromatic N) is 3. The molecule has 0 saturated heterocycles. The minimum Gasteiger partial charge on any atom is -0.496 e. The number of anilines is 2. The number of nitrogens with one attached hydrogen (secondary N) is 2. The molecule has 0 aliphatic carbocycles. The first-order chi connectivity index (χ1) is 14.1. The standard InChI is InChI=1S/C19H23N5O6/c1-12(11-20-13-5-7-14(8-6-13)23(26)27)21-19(25)15-9-17(24(28)29)16(22(2)3)10-18(15)30-4/h5-10,12,20H,11H2,1-4H3,(H,21,25)/t12-/m1/s1. The molecule has 0 aliphatic heterocycles. The van der Waals surface area contributed by atoms with E-state index in [-0.39, 0.29) is 28.7 Å². The molecule has 0 aliphatic rings. The van der Waals surface area contributed by atoms with Crippen molar-refractivity contribution in [3.63, 3.8) is 0 Å². The zero-order valence-corrected chi connectivity index (χ0v) is 17.0. The molecular weight excluding hydrogens is 394 g/mol.